The van der Waals surface area contributed by atoms with Crippen molar-refractivity contribution in [3.63, 3.8) is 0 Å². The molecule has 1 heterocycles. The molecule has 0 aliphatic rings. The normalized spacial score (nSPS) is 11.4. The van der Waals surface area contributed by atoms with Gasteiger partial charge in [-0.1, -0.05) is 73.7 Å². The number of aromatic nitrogens is 1. The lowest BCUT2D eigenvalue weighted by molar-refractivity contribution is -0.132. The maximum Gasteiger partial charge on any atom is 0.305 e. The van der Waals surface area contributed by atoms with Gasteiger partial charge >= 0.3 is 4.87 Å². The minimum absolute atomic E-state index is 0.0882. The molecule has 10 heteroatoms. The van der Waals surface area contributed by atoms with Crippen molar-refractivity contribution in [2.75, 3.05) is 59.0 Å². The number of hydrogen-bond donors (Lipinski definition) is 3. The van der Waals surface area contributed by atoms with Gasteiger partial charge in [-0.05, 0) is 67.4 Å². The molecule has 1 amide bonds. The zero-order chi connectivity index (χ0) is 31.9. The Kier molecular flexibility index (Phi) is 13.9. The molecule has 3 aromatic carbocycles. The van der Waals surface area contributed by atoms with Gasteiger partial charge in [0.15, 0.2) is 0 Å². The van der Waals surface area contributed by atoms with Gasteiger partial charge in [0.1, 0.15) is 23.6 Å². The Hall–Kier alpha value is -3.70. The number of hydrogen-bond acceptors (Lipinski definition) is 8. The van der Waals surface area contributed by atoms with Crippen LogP contribution in [0, 0.1) is 0 Å². The van der Waals surface area contributed by atoms with Crippen LogP contribution in [0.15, 0.2) is 71.5 Å². The number of phenolic OH excluding ortho intramolecular Hbond substituents is 1. The van der Waals surface area contributed by atoms with E-state index < -0.39 is 0 Å². The van der Waals surface area contributed by atoms with E-state index in [0.717, 1.165) is 65.4 Å². The van der Waals surface area contributed by atoms with E-state index in [1.165, 1.54) is 5.56 Å². The number of H-pyrrole nitrogens is 1. The maximum absolute atomic E-state index is 13.2. The van der Waals surface area contributed by atoms with Crippen LogP contribution >= 0.6 is 11.3 Å². The molecule has 45 heavy (non-hydrogen) atoms. The van der Waals surface area contributed by atoms with Gasteiger partial charge in [0.2, 0.25) is 5.91 Å². The van der Waals surface area contributed by atoms with E-state index in [-0.39, 0.29) is 16.5 Å². The van der Waals surface area contributed by atoms with Gasteiger partial charge in [0, 0.05) is 26.2 Å². The molecule has 4 aromatic rings. The Bertz CT molecular complexity index is 1500. The van der Waals surface area contributed by atoms with Crippen molar-refractivity contribution in [3.8, 4) is 11.5 Å². The van der Waals surface area contributed by atoms with Gasteiger partial charge in [-0.3, -0.25) is 9.59 Å². The minimum Gasteiger partial charge on any atom is -0.506 e. The van der Waals surface area contributed by atoms with Crippen molar-refractivity contribution >= 4 is 27.5 Å². The van der Waals surface area contributed by atoms with Crippen molar-refractivity contribution in [2.24, 2.45) is 0 Å². The fourth-order valence-corrected chi connectivity index (χ4v) is 6.00. The van der Waals surface area contributed by atoms with Gasteiger partial charge in [0.25, 0.3) is 0 Å². The smallest absolute Gasteiger partial charge is 0.305 e. The number of nitrogens with one attached hydrogen (secondary N) is 2. The number of likely N-dealkylation sites (N-methyl/N-ethyl adjacent to an activating group) is 1. The Morgan fingerprint density at radius 3 is 2.42 bits per heavy atom. The predicted octanol–water partition coefficient (Wildman–Crippen LogP) is 4.83. The van der Waals surface area contributed by atoms with Gasteiger partial charge < -0.3 is 34.7 Å². The van der Waals surface area contributed by atoms with Crippen LogP contribution in [-0.2, 0) is 29.0 Å². The summed E-state index contributed by atoms with van der Waals surface area (Å²) >= 11 is 1.12. The standard InChI is InChI=1S/C35H46N4O5S/c1-3-38(4-2)22-23-39(21-20-36-19-16-29-12-15-31(40)33-34(29)45-35(42)37-33)32(41)18-25-43-24-17-27-10-13-30(14-11-27)44-26-28-8-6-5-7-9-28/h5-15,36,40H,3-4,16-26H2,1-2H3,(H,37,42). The summed E-state index contributed by atoms with van der Waals surface area (Å²) < 4.78 is 12.5. The summed E-state index contributed by atoms with van der Waals surface area (Å²) in [4.78, 5) is 31.7. The number of aromatic amines is 1. The second-order valence-electron chi connectivity index (χ2n) is 10.9. The van der Waals surface area contributed by atoms with E-state index in [1.807, 2.05) is 53.4 Å². The van der Waals surface area contributed by atoms with Gasteiger partial charge in [-0.25, -0.2) is 0 Å². The van der Waals surface area contributed by atoms with Crippen LogP contribution in [0.5, 0.6) is 11.5 Å². The molecule has 9 nitrogen and oxygen atoms in total. The van der Waals surface area contributed by atoms with E-state index in [0.29, 0.717) is 57.9 Å². The number of rotatable bonds is 20. The summed E-state index contributed by atoms with van der Waals surface area (Å²) in [5, 5.41) is 13.5. The van der Waals surface area contributed by atoms with Crippen LogP contribution in [0.1, 0.15) is 37.0 Å². The molecule has 0 spiro atoms. The number of amides is 1. The molecular formula is C35H46N4O5S. The number of phenols is 1. The number of carbonyl (C=O) groups is 1. The van der Waals surface area contributed by atoms with Crippen LogP contribution in [0.4, 0.5) is 0 Å². The van der Waals surface area contributed by atoms with E-state index >= 15 is 0 Å². The van der Waals surface area contributed by atoms with E-state index in [4.69, 9.17) is 9.47 Å². The molecule has 242 valence electrons. The lowest BCUT2D eigenvalue weighted by Crippen LogP contribution is -2.42. The molecule has 0 saturated heterocycles. The number of fused-ring (bicyclic) bond motifs is 1. The fraction of sp³-hybridized carbons (Fsp3) is 0.429. The number of ether oxygens (including phenoxy) is 2. The SMILES string of the molecule is CCN(CC)CCN(CCNCCc1ccc(O)c2[nH]c(=O)sc12)C(=O)CCOCCc1ccc(OCc2ccccc2)cc1. The second-order valence-corrected chi connectivity index (χ2v) is 11.9. The summed E-state index contributed by atoms with van der Waals surface area (Å²) in [5.41, 5.74) is 3.81. The fourth-order valence-electron chi connectivity index (χ4n) is 5.10. The van der Waals surface area contributed by atoms with Gasteiger partial charge in [-0.2, -0.15) is 0 Å². The molecule has 1 aromatic heterocycles. The molecule has 0 bridgehead atoms. The number of aromatic hydroxyl groups is 1. The van der Waals surface area contributed by atoms with E-state index in [1.54, 1.807) is 6.07 Å². The molecule has 4 rings (SSSR count). The highest BCUT2D eigenvalue weighted by Gasteiger charge is 2.15. The minimum atomic E-state index is -0.175. The quantitative estimate of drug-likeness (QED) is 0.120. The van der Waals surface area contributed by atoms with E-state index in [2.05, 4.69) is 41.2 Å². The maximum atomic E-state index is 13.2. The highest BCUT2D eigenvalue weighted by atomic mass is 32.1. The third-order valence-electron chi connectivity index (χ3n) is 7.87. The van der Waals surface area contributed by atoms with Crippen LogP contribution in [0.25, 0.3) is 10.2 Å². The molecule has 0 unspecified atom stereocenters. The van der Waals surface area contributed by atoms with Crippen molar-refractivity contribution in [1.29, 1.82) is 0 Å². The highest BCUT2D eigenvalue weighted by Crippen LogP contribution is 2.27. The molecule has 0 aliphatic carbocycles. The van der Waals surface area contributed by atoms with Crippen molar-refractivity contribution in [3.05, 3.63) is 93.1 Å². The molecule has 0 fully saturated rings. The average Bonchev–Trinajstić information content (AvgIpc) is 3.47. The van der Waals surface area contributed by atoms with Gasteiger partial charge in [-0.15, -0.1) is 0 Å². The summed E-state index contributed by atoms with van der Waals surface area (Å²) in [7, 11) is 0. The largest absolute Gasteiger partial charge is 0.506 e. The van der Waals surface area contributed by atoms with Crippen molar-refractivity contribution in [2.45, 2.75) is 39.7 Å². The Morgan fingerprint density at radius 2 is 1.67 bits per heavy atom. The van der Waals surface area contributed by atoms with Crippen molar-refractivity contribution in [1.82, 2.24) is 20.1 Å². The first kappa shape index (κ1) is 34.2. The lowest BCUT2D eigenvalue weighted by atomic mass is 10.1. The number of carbonyl (C=O) groups excluding carboxylic acids is 1. The third kappa shape index (κ3) is 11.0. The molecule has 0 radical (unpaired) electrons. The highest BCUT2D eigenvalue weighted by molar-refractivity contribution is 7.16. The molecular weight excluding hydrogens is 588 g/mol. The summed E-state index contributed by atoms with van der Waals surface area (Å²) in [6.45, 7) is 11.2. The Labute approximate surface area is 269 Å². The average molecular weight is 635 g/mol. The number of nitrogens with zero attached hydrogens (tertiary/aromatic N) is 2. The first-order valence-corrected chi connectivity index (χ1v) is 16.7. The van der Waals surface area contributed by atoms with Crippen molar-refractivity contribution < 1.29 is 19.4 Å². The van der Waals surface area contributed by atoms with Crippen LogP contribution < -0.4 is 14.9 Å². The Morgan fingerprint density at radius 1 is 0.889 bits per heavy atom. The van der Waals surface area contributed by atoms with Crippen LogP contribution in [0.3, 0.4) is 0 Å². The zero-order valence-electron chi connectivity index (χ0n) is 26.4. The lowest BCUT2D eigenvalue weighted by Gasteiger charge is -2.27. The summed E-state index contributed by atoms with van der Waals surface area (Å²) in [6, 6.07) is 21.7. The molecule has 0 aliphatic heterocycles. The predicted molar refractivity (Wildman–Crippen MR) is 181 cm³/mol. The molecule has 0 atom stereocenters. The summed E-state index contributed by atoms with van der Waals surface area (Å²) in [6.07, 6.45) is 1.84. The Balaban J connectivity index is 1.16. The second kappa shape index (κ2) is 18.3. The summed E-state index contributed by atoms with van der Waals surface area (Å²) in [5.74, 6) is 1.02. The number of thiazole rings is 1. The topological polar surface area (TPSA) is 107 Å². The first-order chi connectivity index (χ1) is 22.0. The van der Waals surface area contributed by atoms with Crippen LogP contribution in [0.2, 0.25) is 0 Å². The van der Waals surface area contributed by atoms with E-state index in [9.17, 15) is 14.7 Å². The molecule has 0 saturated carbocycles. The molecule has 3 N–H and O–H groups in total. The van der Waals surface area contributed by atoms with Crippen LogP contribution in [-0.4, -0.2) is 84.8 Å². The third-order valence-corrected chi connectivity index (χ3v) is 8.83. The monoisotopic (exact) mass is 634 g/mol. The van der Waals surface area contributed by atoms with Gasteiger partial charge in [0.05, 0.1) is 24.3 Å². The first-order valence-electron chi connectivity index (χ1n) is 15.8. The zero-order valence-corrected chi connectivity index (χ0v) is 27.2. The number of benzene rings is 3.